The first-order valence-electron chi connectivity index (χ1n) is 8.03. The van der Waals surface area contributed by atoms with Crippen molar-refractivity contribution in [3.63, 3.8) is 0 Å². The van der Waals surface area contributed by atoms with Crippen LogP contribution in [0.25, 0.3) is 0 Å². The van der Waals surface area contributed by atoms with Crippen LogP contribution >= 0.6 is 0 Å². The Bertz CT molecular complexity index is 521. The van der Waals surface area contributed by atoms with Crippen molar-refractivity contribution in [2.24, 2.45) is 10.8 Å². The molecule has 23 heavy (non-hydrogen) atoms. The molecule has 0 saturated heterocycles. The van der Waals surface area contributed by atoms with E-state index in [4.69, 9.17) is 4.74 Å². The number of carbonyl (C=O) groups excluding carboxylic acids is 2. The number of nitrogens with zero attached hydrogens (tertiary/aromatic N) is 3. The molecule has 1 rings (SSSR count). The molecule has 0 saturated carbocycles. The van der Waals surface area contributed by atoms with Gasteiger partial charge in [0, 0.05) is 31.0 Å². The molecule has 6 nitrogen and oxygen atoms in total. The molecule has 0 bridgehead atoms. The summed E-state index contributed by atoms with van der Waals surface area (Å²) in [5.74, 6) is 0.159. The van der Waals surface area contributed by atoms with Crippen LogP contribution in [0, 0.1) is 10.8 Å². The van der Waals surface area contributed by atoms with Gasteiger partial charge in [0.2, 0.25) is 0 Å². The van der Waals surface area contributed by atoms with Crippen LogP contribution in [0.5, 0.6) is 0 Å². The number of aldehydes is 1. The SMILES string of the molecule is CC(=O)CCc1cn(CC(C)(C)COCC(C)(C)CC=O)nn1. The highest BCUT2D eigenvalue weighted by Crippen LogP contribution is 2.23. The lowest BCUT2D eigenvalue weighted by atomic mass is 9.91. The summed E-state index contributed by atoms with van der Waals surface area (Å²) in [6, 6.07) is 0. The van der Waals surface area contributed by atoms with Gasteiger partial charge >= 0.3 is 0 Å². The lowest BCUT2D eigenvalue weighted by molar-refractivity contribution is -0.117. The molecule has 1 aromatic rings. The van der Waals surface area contributed by atoms with Crippen LogP contribution in [0.1, 0.15) is 53.2 Å². The normalized spacial score (nSPS) is 12.4. The van der Waals surface area contributed by atoms with E-state index >= 15 is 0 Å². The van der Waals surface area contributed by atoms with Gasteiger partial charge in [0.25, 0.3) is 0 Å². The second-order valence-electron chi connectivity index (χ2n) is 7.80. The lowest BCUT2D eigenvalue weighted by Crippen LogP contribution is -2.29. The summed E-state index contributed by atoms with van der Waals surface area (Å²) < 4.78 is 7.61. The van der Waals surface area contributed by atoms with Crippen molar-refractivity contribution in [2.75, 3.05) is 13.2 Å². The summed E-state index contributed by atoms with van der Waals surface area (Å²) in [6.07, 6.45) is 4.45. The molecule has 130 valence electrons. The van der Waals surface area contributed by atoms with E-state index in [2.05, 4.69) is 24.2 Å². The average molecular weight is 323 g/mol. The molecular weight excluding hydrogens is 294 g/mol. The Kier molecular flexibility index (Phi) is 7.06. The van der Waals surface area contributed by atoms with Gasteiger partial charge in [-0.1, -0.05) is 32.9 Å². The van der Waals surface area contributed by atoms with Crippen LogP contribution in [0.2, 0.25) is 0 Å². The number of carbonyl (C=O) groups is 2. The first-order valence-corrected chi connectivity index (χ1v) is 8.03. The predicted molar refractivity (Wildman–Crippen MR) is 88.1 cm³/mol. The third kappa shape index (κ3) is 8.02. The molecule has 0 amide bonds. The molecule has 0 unspecified atom stereocenters. The molecule has 0 aliphatic rings. The summed E-state index contributed by atoms with van der Waals surface area (Å²) in [7, 11) is 0. The quantitative estimate of drug-likeness (QED) is 0.585. The van der Waals surface area contributed by atoms with Crippen LogP contribution in [0.15, 0.2) is 6.20 Å². The van der Waals surface area contributed by atoms with Crippen molar-refractivity contribution in [1.82, 2.24) is 15.0 Å². The fraction of sp³-hybridized carbons (Fsp3) is 0.765. The summed E-state index contributed by atoms with van der Waals surface area (Å²) in [5.41, 5.74) is 0.609. The van der Waals surface area contributed by atoms with Crippen LogP contribution < -0.4 is 0 Å². The number of hydrogen-bond acceptors (Lipinski definition) is 5. The van der Waals surface area contributed by atoms with E-state index in [0.717, 1.165) is 12.0 Å². The van der Waals surface area contributed by atoms with E-state index in [1.807, 2.05) is 20.0 Å². The molecule has 0 N–H and O–H groups in total. The van der Waals surface area contributed by atoms with E-state index in [1.54, 1.807) is 11.6 Å². The monoisotopic (exact) mass is 323 g/mol. The molecule has 0 aliphatic heterocycles. The van der Waals surface area contributed by atoms with E-state index in [9.17, 15) is 9.59 Å². The van der Waals surface area contributed by atoms with Crippen LogP contribution in [-0.4, -0.2) is 40.3 Å². The maximum atomic E-state index is 11.0. The van der Waals surface area contributed by atoms with E-state index in [1.165, 1.54) is 0 Å². The fourth-order valence-corrected chi connectivity index (χ4v) is 2.21. The Morgan fingerprint density at radius 3 is 2.52 bits per heavy atom. The number of hydrogen-bond donors (Lipinski definition) is 0. The zero-order chi connectivity index (χ0) is 17.5. The number of Topliss-reactive ketones (excluding diaryl/α,β-unsaturated/α-hetero) is 1. The summed E-state index contributed by atoms with van der Waals surface area (Å²) >= 11 is 0. The number of aryl methyl sites for hydroxylation is 1. The zero-order valence-electron chi connectivity index (χ0n) is 15.0. The minimum atomic E-state index is -0.134. The number of ketones is 1. The smallest absolute Gasteiger partial charge is 0.130 e. The molecule has 0 radical (unpaired) electrons. The molecule has 6 heteroatoms. The highest BCUT2D eigenvalue weighted by Gasteiger charge is 2.23. The highest BCUT2D eigenvalue weighted by molar-refractivity contribution is 5.75. The fourth-order valence-electron chi connectivity index (χ4n) is 2.21. The van der Waals surface area contributed by atoms with Gasteiger partial charge in [0.15, 0.2) is 0 Å². The Labute approximate surface area is 138 Å². The first kappa shape index (κ1) is 19.5. The highest BCUT2D eigenvalue weighted by atomic mass is 16.5. The Balaban J connectivity index is 2.45. The molecule has 0 spiro atoms. The van der Waals surface area contributed by atoms with Crippen molar-refractivity contribution >= 4 is 12.1 Å². The van der Waals surface area contributed by atoms with E-state index in [-0.39, 0.29) is 16.6 Å². The van der Waals surface area contributed by atoms with Crippen molar-refractivity contribution in [1.29, 1.82) is 0 Å². The lowest BCUT2D eigenvalue weighted by Gasteiger charge is -2.27. The minimum absolute atomic E-state index is 0.0944. The summed E-state index contributed by atoms with van der Waals surface area (Å²) in [5, 5.41) is 8.22. The first-order chi connectivity index (χ1) is 10.6. The number of aromatic nitrogens is 3. The number of ether oxygens (including phenoxy) is 1. The molecule has 0 aliphatic carbocycles. The molecule has 1 heterocycles. The molecule has 1 aromatic heterocycles. The van der Waals surface area contributed by atoms with Crippen molar-refractivity contribution in [3.05, 3.63) is 11.9 Å². The zero-order valence-corrected chi connectivity index (χ0v) is 15.0. The topological polar surface area (TPSA) is 74.1 Å². The second kappa shape index (κ2) is 8.34. The second-order valence-corrected chi connectivity index (χ2v) is 7.80. The van der Waals surface area contributed by atoms with Gasteiger partial charge in [-0.15, -0.1) is 5.10 Å². The van der Waals surface area contributed by atoms with Gasteiger partial charge in [0.05, 0.1) is 18.9 Å². The van der Waals surface area contributed by atoms with Gasteiger partial charge in [-0.25, -0.2) is 0 Å². The standard InChI is InChI=1S/C17H29N3O3/c1-14(22)6-7-15-10-20(19-18-15)11-17(4,5)13-23-12-16(2,3)8-9-21/h9-10H,6-8,11-13H2,1-5H3. The van der Waals surface area contributed by atoms with Gasteiger partial charge in [-0.3, -0.25) is 4.68 Å². The van der Waals surface area contributed by atoms with Crippen molar-refractivity contribution in [2.45, 2.75) is 60.4 Å². The maximum Gasteiger partial charge on any atom is 0.130 e. The van der Waals surface area contributed by atoms with E-state index in [0.29, 0.717) is 39.0 Å². The predicted octanol–water partition coefficient (Wildman–Crippen LogP) is 2.46. The van der Waals surface area contributed by atoms with Gasteiger partial charge in [-0.05, 0) is 18.8 Å². The summed E-state index contributed by atoms with van der Waals surface area (Å²) in [6.45, 7) is 11.7. The Hall–Kier alpha value is -1.56. The van der Waals surface area contributed by atoms with Crippen LogP contribution in [-0.2, 0) is 27.3 Å². The Morgan fingerprint density at radius 2 is 1.91 bits per heavy atom. The van der Waals surface area contributed by atoms with E-state index < -0.39 is 0 Å². The molecule has 0 aromatic carbocycles. The minimum Gasteiger partial charge on any atom is -0.380 e. The largest absolute Gasteiger partial charge is 0.380 e. The third-order valence-corrected chi connectivity index (χ3v) is 3.53. The van der Waals surface area contributed by atoms with Crippen molar-refractivity contribution < 1.29 is 14.3 Å². The summed E-state index contributed by atoms with van der Waals surface area (Å²) in [4.78, 5) is 21.6. The number of rotatable bonds is 11. The van der Waals surface area contributed by atoms with Crippen molar-refractivity contribution in [3.8, 4) is 0 Å². The van der Waals surface area contributed by atoms with Gasteiger partial charge in [0.1, 0.15) is 12.1 Å². The Morgan fingerprint density at radius 1 is 1.26 bits per heavy atom. The maximum absolute atomic E-state index is 11.0. The van der Waals surface area contributed by atoms with Gasteiger partial charge in [-0.2, -0.15) is 0 Å². The molecule has 0 atom stereocenters. The van der Waals surface area contributed by atoms with Crippen LogP contribution in [0.4, 0.5) is 0 Å². The molecule has 0 fully saturated rings. The van der Waals surface area contributed by atoms with Gasteiger partial charge < -0.3 is 14.3 Å². The van der Waals surface area contributed by atoms with Crippen LogP contribution in [0.3, 0.4) is 0 Å². The molecular formula is C17H29N3O3. The third-order valence-electron chi connectivity index (χ3n) is 3.53. The average Bonchev–Trinajstić information content (AvgIpc) is 2.82.